The molecule has 0 saturated heterocycles. The van der Waals surface area contributed by atoms with E-state index in [0.29, 0.717) is 17.7 Å². The predicted octanol–water partition coefficient (Wildman–Crippen LogP) is 2.45. The van der Waals surface area contributed by atoms with Crippen LogP contribution < -0.4 is 5.32 Å². The first-order chi connectivity index (χ1) is 12.0. The largest absolute Gasteiger partial charge is 0.346 e. The van der Waals surface area contributed by atoms with Crippen molar-refractivity contribution in [3.63, 3.8) is 0 Å². The third-order valence-electron chi connectivity index (χ3n) is 4.09. The second-order valence-corrected chi connectivity index (χ2v) is 6.80. The van der Waals surface area contributed by atoms with Gasteiger partial charge in [0, 0.05) is 12.6 Å². The Kier molecular flexibility index (Phi) is 3.58. The van der Waals surface area contributed by atoms with Crippen LogP contribution in [-0.2, 0) is 6.54 Å². The predicted molar refractivity (Wildman–Crippen MR) is 93.7 cm³/mol. The quantitative estimate of drug-likeness (QED) is 0.735. The van der Waals surface area contributed by atoms with E-state index >= 15 is 0 Å². The molecule has 3 amide bonds. The molecule has 3 aromatic rings. The van der Waals surface area contributed by atoms with Crippen molar-refractivity contribution < 1.29 is 14.4 Å². The van der Waals surface area contributed by atoms with E-state index in [1.54, 1.807) is 6.07 Å². The van der Waals surface area contributed by atoms with E-state index in [0.717, 1.165) is 20.1 Å². The van der Waals surface area contributed by atoms with Gasteiger partial charge < -0.3 is 5.32 Å². The number of hydrogen-bond acceptors (Lipinski definition) is 5. The Morgan fingerprint density at radius 3 is 2.68 bits per heavy atom. The van der Waals surface area contributed by atoms with Gasteiger partial charge in [-0.1, -0.05) is 12.1 Å². The van der Waals surface area contributed by atoms with Gasteiger partial charge in [0.1, 0.15) is 5.01 Å². The third-order valence-corrected chi connectivity index (χ3v) is 5.13. The number of fused-ring (bicyclic) bond motifs is 2. The number of nitrogens with one attached hydrogen (secondary N) is 1. The van der Waals surface area contributed by atoms with Crippen LogP contribution in [0.3, 0.4) is 0 Å². The van der Waals surface area contributed by atoms with Gasteiger partial charge in [-0.25, -0.2) is 4.98 Å². The van der Waals surface area contributed by atoms with Crippen molar-refractivity contribution in [3.05, 3.63) is 64.2 Å². The van der Waals surface area contributed by atoms with Crippen molar-refractivity contribution in [2.45, 2.75) is 6.54 Å². The summed E-state index contributed by atoms with van der Waals surface area (Å²) in [5.74, 6) is -1.04. The highest BCUT2D eigenvalue weighted by Gasteiger charge is 2.33. The van der Waals surface area contributed by atoms with E-state index in [1.165, 1.54) is 30.5 Å². The highest BCUT2D eigenvalue weighted by molar-refractivity contribution is 7.18. The highest BCUT2D eigenvalue weighted by atomic mass is 32.1. The Balaban J connectivity index is 1.52. The van der Waals surface area contributed by atoms with Crippen LogP contribution in [0, 0.1) is 0 Å². The molecular weight excluding hydrogens is 338 g/mol. The van der Waals surface area contributed by atoms with Crippen LogP contribution in [0.1, 0.15) is 36.1 Å². The summed E-state index contributed by atoms with van der Waals surface area (Å²) in [5, 5.41) is 3.61. The average molecular weight is 351 g/mol. The van der Waals surface area contributed by atoms with Gasteiger partial charge in [-0.15, -0.1) is 11.3 Å². The van der Waals surface area contributed by atoms with Gasteiger partial charge in [0.25, 0.3) is 17.7 Å². The number of benzene rings is 2. The molecule has 124 valence electrons. The van der Waals surface area contributed by atoms with Crippen LogP contribution in [0.2, 0.25) is 0 Å². The minimum absolute atomic E-state index is 0.264. The van der Waals surface area contributed by atoms with Crippen LogP contribution in [0.4, 0.5) is 0 Å². The van der Waals surface area contributed by atoms with Gasteiger partial charge in [0.15, 0.2) is 0 Å². The molecule has 2 aromatic carbocycles. The molecule has 0 unspecified atom stereocenters. The topological polar surface area (TPSA) is 79.4 Å². The molecule has 4 rings (SSSR count). The van der Waals surface area contributed by atoms with E-state index in [2.05, 4.69) is 10.3 Å². The Labute approximate surface area is 147 Å². The summed E-state index contributed by atoms with van der Waals surface area (Å²) >= 11 is 1.52. The van der Waals surface area contributed by atoms with Crippen molar-refractivity contribution in [2.24, 2.45) is 0 Å². The van der Waals surface area contributed by atoms with E-state index in [4.69, 9.17) is 0 Å². The molecule has 1 aliphatic heterocycles. The Morgan fingerprint density at radius 2 is 1.88 bits per heavy atom. The number of aromatic nitrogens is 1. The van der Waals surface area contributed by atoms with Crippen LogP contribution in [-0.4, -0.2) is 34.7 Å². The van der Waals surface area contributed by atoms with Gasteiger partial charge in [0.05, 0.1) is 27.9 Å². The van der Waals surface area contributed by atoms with Crippen LogP contribution in [0.25, 0.3) is 10.2 Å². The lowest BCUT2D eigenvalue weighted by atomic mass is 10.1. The van der Waals surface area contributed by atoms with Gasteiger partial charge >= 0.3 is 0 Å². The van der Waals surface area contributed by atoms with Crippen molar-refractivity contribution in [1.29, 1.82) is 0 Å². The second-order valence-electron chi connectivity index (χ2n) is 5.69. The number of rotatable bonds is 3. The molecule has 0 atom stereocenters. The standard InChI is InChI=1S/C18H13N3O3S/c1-21-17(23)11-7-6-10(8-12(11)18(21)24)16(22)19-9-15-20-13-4-2-3-5-14(13)25-15/h2-8H,9H2,1H3,(H,19,22). The SMILES string of the molecule is CN1C(=O)c2ccc(C(=O)NCc3nc4ccccc4s3)cc2C1=O. The van der Waals surface area contributed by atoms with Crippen molar-refractivity contribution in [3.8, 4) is 0 Å². The number of thiazole rings is 1. The summed E-state index contributed by atoms with van der Waals surface area (Å²) in [7, 11) is 1.43. The lowest BCUT2D eigenvalue weighted by Gasteiger charge is -2.04. The van der Waals surface area contributed by atoms with Crippen LogP contribution in [0.5, 0.6) is 0 Å². The maximum Gasteiger partial charge on any atom is 0.261 e. The summed E-state index contributed by atoms with van der Waals surface area (Å²) in [6.07, 6.45) is 0. The molecule has 0 aliphatic carbocycles. The lowest BCUT2D eigenvalue weighted by Crippen LogP contribution is -2.24. The fraction of sp³-hybridized carbons (Fsp3) is 0.111. The molecule has 0 radical (unpaired) electrons. The average Bonchev–Trinajstić information content (AvgIpc) is 3.14. The van der Waals surface area contributed by atoms with Gasteiger partial charge in [-0.2, -0.15) is 0 Å². The molecule has 0 bridgehead atoms. The summed E-state index contributed by atoms with van der Waals surface area (Å²) in [4.78, 5) is 41.8. The first-order valence-corrected chi connectivity index (χ1v) is 8.45. The summed E-state index contributed by atoms with van der Waals surface area (Å²) < 4.78 is 1.07. The molecule has 7 heteroatoms. The van der Waals surface area contributed by atoms with Crippen LogP contribution in [0.15, 0.2) is 42.5 Å². The molecule has 2 heterocycles. The molecule has 6 nitrogen and oxygen atoms in total. The Hall–Kier alpha value is -3.06. The molecule has 1 N–H and O–H groups in total. The Morgan fingerprint density at radius 1 is 1.12 bits per heavy atom. The monoisotopic (exact) mass is 351 g/mol. The first kappa shape index (κ1) is 15.5. The summed E-state index contributed by atoms with van der Waals surface area (Å²) in [6, 6.07) is 12.3. The molecule has 1 aliphatic rings. The number of amides is 3. The van der Waals surface area contributed by atoms with E-state index in [-0.39, 0.29) is 23.3 Å². The first-order valence-electron chi connectivity index (χ1n) is 7.63. The lowest BCUT2D eigenvalue weighted by molar-refractivity contribution is 0.0693. The molecule has 25 heavy (non-hydrogen) atoms. The van der Waals surface area contributed by atoms with Crippen molar-refractivity contribution in [2.75, 3.05) is 7.05 Å². The Bertz CT molecular complexity index is 1010. The van der Waals surface area contributed by atoms with E-state index < -0.39 is 0 Å². The highest BCUT2D eigenvalue weighted by Crippen LogP contribution is 2.23. The fourth-order valence-electron chi connectivity index (χ4n) is 2.76. The van der Waals surface area contributed by atoms with Gasteiger partial charge in [0.2, 0.25) is 0 Å². The van der Waals surface area contributed by atoms with Crippen molar-refractivity contribution >= 4 is 39.3 Å². The third kappa shape index (κ3) is 2.58. The fourth-order valence-corrected chi connectivity index (χ4v) is 3.66. The number of para-hydroxylation sites is 1. The number of hydrogen-bond donors (Lipinski definition) is 1. The zero-order valence-corrected chi connectivity index (χ0v) is 14.1. The zero-order valence-electron chi connectivity index (χ0n) is 13.3. The van der Waals surface area contributed by atoms with Gasteiger partial charge in [-0.05, 0) is 30.3 Å². The second kappa shape index (κ2) is 5.78. The van der Waals surface area contributed by atoms with Crippen molar-refractivity contribution in [1.82, 2.24) is 15.2 Å². The molecule has 0 fully saturated rings. The molecule has 1 aromatic heterocycles. The maximum atomic E-state index is 12.4. The number of nitrogens with zero attached hydrogens (tertiary/aromatic N) is 2. The summed E-state index contributed by atoms with van der Waals surface area (Å²) in [5.41, 5.74) is 1.84. The van der Waals surface area contributed by atoms with Crippen LogP contribution >= 0.6 is 11.3 Å². The molecule has 0 saturated carbocycles. The normalized spacial score (nSPS) is 13.4. The minimum atomic E-state index is -0.388. The minimum Gasteiger partial charge on any atom is -0.346 e. The zero-order chi connectivity index (χ0) is 17.6. The maximum absolute atomic E-state index is 12.4. The number of carbonyl (C=O) groups excluding carboxylic acids is 3. The smallest absolute Gasteiger partial charge is 0.261 e. The number of carbonyl (C=O) groups is 3. The summed E-state index contributed by atoms with van der Waals surface area (Å²) in [6.45, 7) is 0.308. The van der Waals surface area contributed by atoms with E-state index in [1.807, 2.05) is 24.3 Å². The number of imide groups is 1. The van der Waals surface area contributed by atoms with Gasteiger partial charge in [-0.3, -0.25) is 19.3 Å². The molecule has 0 spiro atoms. The molecular formula is C18H13N3O3S. The van der Waals surface area contributed by atoms with E-state index in [9.17, 15) is 14.4 Å².